The molecule has 2 heterocycles. The number of rotatable bonds is 4. The van der Waals surface area contributed by atoms with Crippen LogP contribution in [0, 0.1) is 0 Å². The Morgan fingerprint density at radius 1 is 0.556 bits per heavy atom. The van der Waals surface area contributed by atoms with Gasteiger partial charge in [0.25, 0.3) is 0 Å². The van der Waals surface area contributed by atoms with Crippen molar-refractivity contribution in [2.24, 2.45) is 0 Å². The first-order chi connectivity index (χ1) is 17.8. The van der Waals surface area contributed by atoms with Gasteiger partial charge < -0.3 is 19.1 Å². The molecule has 174 valence electrons. The van der Waals surface area contributed by atoms with Crippen LogP contribution in [0.2, 0.25) is 0 Å². The highest BCUT2D eigenvalue weighted by Gasteiger charge is 2.24. The van der Waals surface area contributed by atoms with Crippen LogP contribution in [-0.2, 0) is 0 Å². The highest BCUT2D eigenvalue weighted by atomic mass is 16.5. The van der Waals surface area contributed by atoms with Gasteiger partial charge in [-0.05, 0) is 54.6 Å². The van der Waals surface area contributed by atoms with Crippen LogP contribution in [0.4, 0.5) is 17.1 Å². The van der Waals surface area contributed by atoms with Gasteiger partial charge in [0.1, 0.15) is 11.5 Å². The fraction of sp³-hybridized carbons (Fsp3) is 0.0625. The number of fused-ring (bicyclic) bond motifs is 4. The minimum atomic E-state index is 0.811. The first-order valence-electron chi connectivity index (χ1n) is 12.2. The molecule has 0 spiro atoms. The zero-order chi connectivity index (χ0) is 24.1. The second-order valence-corrected chi connectivity index (χ2v) is 9.22. The number of nitrogens with zero attached hydrogens (tertiary/aromatic N) is 3. The number of benzene rings is 5. The molecular formula is C32H25N3O. The van der Waals surface area contributed by atoms with Crippen molar-refractivity contribution in [3.8, 4) is 17.2 Å². The molecule has 0 aliphatic carbocycles. The van der Waals surface area contributed by atoms with Crippen molar-refractivity contribution in [2.45, 2.75) is 0 Å². The average Bonchev–Trinajstić information content (AvgIpc) is 3.44. The first-order valence-corrected chi connectivity index (χ1v) is 12.2. The minimum Gasteiger partial charge on any atom is -0.457 e. The van der Waals surface area contributed by atoms with Gasteiger partial charge in [-0.3, -0.25) is 0 Å². The Morgan fingerprint density at radius 2 is 1.25 bits per heavy atom. The van der Waals surface area contributed by atoms with E-state index in [-0.39, 0.29) is 0 Å². The summed E-state index contributed by atoms with van der Waals surface area (Å²) in [6.07, 6.45) is 0. The van der Waals surface area contributed by atoms with Crippen LogP contribution in [0.1, 0.15) is 0 Å². The van der Waals surface area contributed by atoms with E-state index in [0.717, 1.165) is 35.1 Å². The van der Waals surface area contributed by atoms with Crippen LogP contribution in [0.3, 0.4) is 0 Å². The molecule has 5 aromatic carbocycles. The molecule has 7 rings (SSSR count). The first kappa shape index (κ1) is 20.7. The van der Waals surface area contributed by atoms with Crippen LogP contribution in [-0.4, -0.2) is 18.3 Å². The van der Waals surface area contributed by atoms with E-state index in [0.29, 0.717) is 0 Å². The predicted molar refractivity (Wildman–Crippen MR) is 149 cm³/mol. The van der Waals surface area contributed by atoms with Crippen molar-refractivity contribution in [3.63, 3.8) is 0 Å². The summed E-state index contributed by atoms with van der Waals surface area (Å²) < 4.78 is 8.75. The summed E-state index contributed by atoms with van der Waals surface area (Å²) in [5, 5.41) is 2.45. The van der Waals surface area contributed by atoms with E-state index in [2.05, 4.69) is 137 Å². The summed E-state index contributed by atoms with van der Waals surface area (Å²) in [6.45, 7) is 0.811. The molecule has 1 aromatic heterocycles. The third kappa shape index (κ3) is 3.30. The van der Waals surface area contributed by atoms with E-state index >= 15 is 0 Å². The lowest BCUT2D eigenvalue weighted by Gasteiger charge is -2.20. The number of aromatic nitrogens is 1. The van der Waals surface area contributed by atoms with Gasteiger partial charge in [0.2, 0.25) is 0 Å². The fourth-order valence-electron chi connectivity index (χ4n) is 5.32. The monoisotopic (exact) mass is 467 g/mol. The van der Waals surface area contributed by atoms with Crippen LogP contribution in [0.5, 0.6) is 11.5 Å². The third-order valence-corrected chi connectivity index (χ3v) is 6.96. The van der Waals surface area contributed by atoms with Gasteiger partial charge >= 0.3 is 0 Å². The molecule has 0 atom stereocenters. The van der Waals surface area contributed by atoms with Crippen molar-refractivity contribution >= 4 is 38.9 Å². The van der Waals surface area contributed by atoms with Gasteiger partial charge in [-0.15, -0.1) is 0 Å². The lowest BCUT2D eigenvalue weighted by atomic mass is 10.1. The van der Waals surface area contributed by atoms with Crippen LogP contribution < -0.4 is 14.5 Å². The van der Waals surface area contributed by atoms with Gasteiger partial charge in [0.05, 0.1) is 29.1 Å². The van der Waals surface area contributed by atoms with E-state index in [1.54, 1.807) is 0 Å². The van der Waals surface area contributed by atoms with E-state index in [9.17, 15) is 0 Å². The molecule has 0 amide bonds. The molecular weight excluding hydrogens is 442 g/mol. The Labute approximate surface area is 210 Å². The zero-order valence-electron chi connectivity index (χ0n) is 20.0. The Balaban J connectivity index is 1.29. The zero-order valence-corrected chi connectivity index (χ0v) is 20.0. The van der Waals surface area contributed by atoms with Crippen molar-refractivity contribution in [1.82, 2.24) is 4.57 Å². The highest BCUT2D eigenvalue weighted by Crippen LogP contribution is 2.41. The summed E-state index contributed by atoms with van der Waals surface area (Å²) in [5.41, 5.74) is 7.03. The Bertz CT molecular complexity index is 1720. The number of hydrogen-bond donors (Lipinski definition) is 0. The van der Waals surface area contributed by atoms with E-state index in [4.69, 9.17) is 4.74 Å². The van der Waals surface area contributed by atoms with Crippen molar-refractivity contribution in [2.75, 3.05) is 23.5 Å². The lowest BCUT2D eigenvalue weighted by molar-refractivity contribution is 0.483. The summed E-state index contributed by atoms with van der Waals surface area (Å²) in [5.74, 6) is 1.64. The lowest BCUT2D eigenvalue weighted by Crippen LogP contribution is -2.23. The molecule has 0 fully saturated rings. The maximum absolute atomic E-state index is 6.43. The van der Waals surface area contributed by atoms with Gasteiger partial charge in [-0.25, -0.2) is 0 Å². The predicted octanol–water partition coefficient (Wildman–Crippen LogP) is 8.12. The largest absolute Gasteiger partial charge is 0.457 e. The van der Waals surface area contributed by atoms with E-state index < -0.39 is 0 Å². The summed E-state index contributed by atoms with van der Waals surface area (Å²) in [6, 6.07) is 42.3. The van der Waals surface area contributed by atoms with Crippen LogP contribution >= 0.6 is 0 Å². The van der Waals surface area contributed by atoms with Crippen molar-refractivity contribution in [1.29, 1.82) is 0 Å². The highest BCUT2D eigenvalue weighted by molar-refractivity contribution is 6.09. The molecule has 1 aliphatic rings. The molecule has 0 unspecified atom stereocenters. The summed E-state index contributed by atoms with van der Waals surface area (Å²) in [4.78, 5) is 4.58. The SMILES string of the molecule is CN1CN(c2cccc(Oc3ccc4c5ccccc5n(-c5ccccc5)c4c3)c2)c2ccccc21. The normalized spacial score (nSPS) is 12.9. The van der Waals surface area contributed by atoms with Gasteiger partial charge in [0, 0.05) is 41.3 Å². The van der Waals surface area contributed by atoms with Gasteiger partial charge in [0.15, 0.2) is 0 Å². The Kier molecular flexibility index (Phi) is 4.71. The standard InChI is InChI=1S/C32H25N3O/c1-33-22-34(31-17-8-7-16-30(31)33)24-12-9-13-25(20-24)36-26-18-19-28-27-14-5-6-15-29(27)35(32(28)21-26)23-10-3-2-4-11-23/h2-21H,22H2,1H3. The van der Waals surface area contributed by atoms with E-state index in [1.807, 2.05) is 6.07 Å². The summed E-state index contributed by atoms with van der Waals surface area (Å²) in [7, 11) is 2.13. The second-order valence-electron chi connectivity index (χ2n) is 9.22. The maximum Gasteiger partial charge on any atom is 0.129 e. The van der Waals surface area contributed by atoms with Crippen molar-refractivity contribution in [3.05, 3.63) is 121 Å². The quantitative estimate of drug-likeness (QED) is 0.261. The smallest absolute Gasteiger partial charge is 0.129 e. The average molecular weight is 468 g/mol. The second kappa shape index (κ2) is 8.21. The molecule has 4 heteroatoms. The van der Waals surface area contributed by atoms with Crippen LogP contribution in [0.15, 0.2) is 121 Å². The maximum atomic E-state index is 6.43. The topological polar surface area (TPSA) is 20.6 Å². The molecule has 0 N–H and O–H groups in total. The van der Waals surface area contributed by atoms with Gasteiger partial charge in [-0.2, -0.15) is 0 Å². The summed E-state index contributed by atoms with van der Waals surface area (Å²) >= 11 is 0. The minimum absolute atomic E-state index is 0.811. The molecule has 0 saturated carbocycles. The Morgan fingerprint density at radius 3 is 2.14 bits per heavy atom. The fourth-order valence-corrected chi connectivity index (χ4v) is 5.32. The Hall–Kier alpha value is -4.70. The molecule has 4 nitrogen and oxygen atoms in total. The van der Waals surface area contributed by atoms with E-state index in [1.165, 1.54) is 27.7 Å². The number of para-hydroxylation sites is 4. The molecule has 0 bridgehead atoms. The third-order valence-electron chi connectivity index (χ3n) is 6.96. The van der Waals surface area contributed by atoms with Crippen molar-refractivity contribution < 1.29 is 4.74 Å². The molecule has 0 radical (unpaired) electrons. The molecule has 1 aliphatic heterocycles. The molecule has 0 saturated heterocycles. The molecule has 6 aromatic rings. The molecule has 36 heavy (non-hydrogen) atoms. The van der Waals surface area contributed by atoms with Crippen LogP contribution in [0.25, 0.3) is 27.5 Å². The number of hydrogen-bond acceptors (Lipinski definition) is 3. The number of ether oxygens (including phenoxy) is 1. The van der Waals surface area contributed by atoms with Gasteiger partial charge in [-0.1, -0.05) is 54.6 Å². The number of anilines is 3.